The average molecular weight is 291 g/mol. The number of carboxylic acid groups (broad SMARTS) is 1. The minimum Gasteiger partial charge on any atom is -0.478 e. The molecule has 7 heteroatoms. The summed E-state index contributed by atoms with van der Waals surface area (Å²) in [6.45, 7) is 2.10. The molecule has 1 saturated carbocycles. The second kappa shape index (κ2) is 6.31. The number of aryl methyl sites for hydroxylation is 1. The Morgan fingerprint density at radius 2 is 2.29 bits per heavy atom. The van der Waals surface area contributed by atoms with Crippen molar-refractivity contribution in [2.75, 3.05) is 6.54 Å². The zero-order chi connectivity index (χ0) is 15.4. The molecule has 0 bridgehead atoms. The molecular formula is C14H17N3O4. The van der Waals surface area contributed by atoms with Crippen molar-refractivity contribution < 1.29 is 19.1 Å². The van der Waals surface area contributed by atoms with Crippen LogP contribution >= 0.6 is 0 Å². The van der Waals surface area contributed by atoms with Crippen molar-refractivity contribution in [3.63, 3.8) is 0 Å². The highest BCUT2D eigenvalue weighted by atomic mass is 16.4. The van der Waals surface area contributed by atoms with Crippen LogP contribution in [0.3, 0.4) is 0 Å². The fourth-order valence-electron chi connectivity index (χ4n) is 2.11. The van der Waals surface area contributed by atoms with Gasteiger partial charge in [-0.2, -0.15) is 5.26 Å². The predicted molar refractivity (Wildman–Crippen MR) is 72.6 cm³/mol. The highest BCUT2D eigenvalue weighted by Crippen LogP contribution is 2.27. The van der Waals surface area contributed by atoms with Crippen LogP contribution in [-0.2, 0) is 6.54 Å². The molecule has 1 aromatic rings. The largest absolute Gasteiger partial charge is 0.478 e. The molecule has 0 unspecified atom stereocenters. The summed E-state index contributed by atoms with van der Waals surface area (Å²) in [6.07, 6.45) is 2.22. The Morgan fingerprint density at radius 3 is 2.81 bits per heavy atom. The highest BCUT2D eigenvalue weighted by molar-refractivity contribution is 5.88. The summed E-state index contributed by atoms with van der Waals surface area (Å²) < 4.78 is 5.30. The highest BCUT2D eigenvalue weighted by Gasteiger charge is 2.32. The Bertz CT molecular complexity index is 584. The lowest BCUT2D eigenvalue weighted by molar-refractivity contribution is 0.0695. The standard InChI is InChI=1S/C14H17N3O4/c1-9-12(13(18)19)7-11(21-9)8-16-14(20)17(6-2-5-15)10-3-4-10/h7,10H,2-4,6,8H2,1H3,(H,16,20)(H,18,19). The lowest BCUT2D eigenvalue weighted by atomic mass is 10.2. The van der Waals surface area contributed by atoms with Gasteiger partial charge < -0.3 is 19.7 Å². The first-order valence-corrected chi connectivity index (χ1v) is 6.77. The number of carboxylic acids is 1. The maximum Gasteiger partial charge on any atom is 0.339 e. The Labute approximate surface area is 122 Å². The number of nitrogens with zero attached hydrogens (tertiary/aromatic N) is 2. The molecule has 0 aliphatic heterocycles. The Hall–Kier alpha value is -2.49. The maximum absolute atomic E-state index is 12.1. The van der Waals surface area contributed by atoms with Crippen LogP contribution in [0.2, 0.25) is 0 Å². The fourth-order valence-corrected chi connectivity index (χ4v) is 2.11. The Balaban J connectivity index is 1.92. The topological polar surface area (TPSA) is 107 Å². The van der Waals surface area contributed by atoms with Crippen molar-refractivity contribution in [3.05, 3.63) is 23.2 Å². The van der Waals surface area contributed by atoms with Gasteiger partial charge in [0.1, 0.15) is 17.1 Å². The van der Waals surface area contributed by atoms with E-state index in [1.165, 1.54) is 6.07 Å². The first-order valence-electron chi connectivity index (χ1n) is 6.77. The van der Waals surface area contributed by atoms with Gasteiger partial charge in [0, 0.05) is 12.6 Å². The van der Waals surface area contributed by atoms with Gasteiger partial charge >= 0.3 is 12.0 Å². The van der Waals surface area contributed by atoms with E-state index >= 15 is 0 Å². The molecule has 2 amide bonds. The maximum atomic E-state index is 12.1. The van der Waals surface area contributed by atoms with Gasteiger partial charge in [-0.3, -0.25) is 0 Å². The molecule has 1 fully saturated rings. The number of hydrogen-bond donors (Lipinski definition) is 2. The SMILES string of the molecule is Cc1oc(CNC(=O)N(CCC#N)C2CC2)cc1C(=O)O. The summed E-state index contributed by atoms with van der Waals surface area (Å²) in [4.78, 5) is 24.6. The van der Waals surface area contributed by atoms with E-state index in [1.807, 2.05) is 6.07 Å². The minimum atomic E-state index is -1.05. The summed E-state index contributed by atoms with van der Waals surface area (Å²) in [5.41, 5.74) is 0.0998. The molecule has 1 aliphatic rings. The Kier molecular flexibility index (Phi) is 4.48. The molecule has 7 nitrogen and oxygen atoms in total. The molecule has 0 atom stereocenters. The van der Waals surface area contributed by atoms with Gasteiger partial charge in [-0.1, -0.05) is 0 Å². The molecule has 0 spiro atoms. The molecule has 2 N–H and O–H groups in total. The normalized spacial score (nSPS) is 13.5. The van der Waals surface area contributed by atoms with Gasteiger partial charge in [0.05, 0.1) is 19.0 Å². The molecule has 1 aromatic heterocycles. The summed E-state index contributed by atoms with van der Waals surface area (Å²) in [5.74, 6) is -0.341. The van der Waals surface area contributed by atoms with Crippen molar-refractivity contribution in [3.8, 4) is 6.07 Å². The van der Waals surface area contributed by atoms with Gasteiger partial charge in [-0.05, 0) is 25.8 Å². The fraction of sp³-hybridized carbons (Fsp3) is 0.500. The first kappa shape index (κ1) is 14.9. The molecule has 0 radical (unpaired) electrons. The number of aromatic carboxylic acids is 1. The summed E-state index contributed by atoms with van der Waals surface area (Å²) >= 11 is 0. The van der Waals surface area contributed by atoms with Gasteiger partial charge in [0.2, 0.25) is 0 Å². The van der Waals surface area contributed by atoms with Crippen LogP contribution in [0.4, 0.5) is 4.79 Å². The van der Waals surface area contributed by atoms with E-state index < -0.39 is 5.97 Å². The number of furan rings is 1. The molecule has 0 saturated heterocycles. The minimum absolute atomic E-state index is 0.0998. The van der Waals surface area contributed by atoms with E-state index in [1.54, 1.807) is 11.8 Å². The Morgan fingerprint density at radius 1 is 1.57 bits per heavy atom. The van der Waals surface area contributed by atoms with Crippen LogP contribution in [-0.4, -0.2) is 34.6 Å². The van der Waals surface area contributed by atoms with Crippen LogP contribution in [0, 0.1) is 18.3 Å². The zero-order valence-electron chi connectivity index (χ0n) is 11.8. The second-order valence-corrected chi connectivity index (χ2v) is 4.98. The van der Waals surface area contributed by atoms with Crippen molar-refractivity contribution in [2.24, 2.45) is 0 Å². The van der Waals surface area contributed by atoms with Crippen molar-refractivity contribution in [1.29, 1.82) is 5.26 Å². The number of nitriles is 1. The summed E-state index contributed by atoms with van der Waals surface area (Å²) in [7, 11) is 0. The van der Waals surface area contributed by atoms with E-state index in [2.05, 4.69) is 5.32 Å². The average Bonchev–Trinajstić information content (AvgIpc) is 3.19. The van der Waals surface area contributed by atoms with E-state index in [9.17, 15) is 9.59 Å². The lowest BCUT2D eigenvalue weighted by Crippen LogP contribution is -2.41. The number of carbonyl (C=O) groups excluding carboxylic acids is 1. The summed E-state index contributed by atoms with van der Waals surface area (Å²) in [5, 5.41) is 20.2. The third-order valence-corrected chi connectivity index (χ3v) is 3.33. The predicted octanol–water partition coefficient (Wildman–Crippen LogP) is 1.87. The number of amides is 2. The van der Waals surface area contributed by atoms with Crippen molar-refractivity contribution in [1.82, 2.24) is 10.2 Å². The number of rotatable bonds is 6. The zero-order valence-corrected chi connectivity index (χ0v) is 11.8. The monoisotopic (exact) mass is 291 g/mol. The van der Waals surface area contributed by atoms with E-state index in [0.717, 1.165) is 12.8 Å². The third kappa shape index (κ3) is 3.75. The van der Waals surface area contributed by atoms with Crippen molar-refractivity contribution >= 4 is 12.0 Å². The summed E-state index contributed by atoms with van der Waals surface area (Å²) in [6, 6.07) is 3.40. The second-order valence-electron chi connectivity index (χ2n) is 4.98. The molecule has 112 valence electrons. The van der Waals surface area contributed by atoms with Gasteiger partial charge in [-0.15, -0.1) is 0 Å². The van der Waals surface area contributed by atoms with Gasteiger partial charge in [0.25, 0.3) is 0 Å². The molecular weight excluding hydrogens is 274 g/mol. The molecule has 2 rings (SSSR count). The number of urea groups is 1. The van der Waals surface area contributed by atoms with E-state index in [-0.39, 0.29) is 24.2 Å². The van der Waals surface area contributed by atoms with Crippen LogP contribution < -0.4 is 5.32 Å². The van der Waals surface area contributed by atoms with Crippen LogP contribution in [0.25, 0.3) is 0 Å². The van der Waals surface area contributed by atoms with E-state index in [0.29, 0.717) is 24.5 Å². The molecule has 1 heterocycles. The van der Waals surface area contributed by atoms with E-state index in [4.69, 9.17) is 14.8 Å². The lowest BCUT2D eigenvalue weighted by Gasteiger charge is -2.21. The third-order valence-electron chi connectivity index (χ3n) is 3.33. The van der Waals surface area contributed by atoms with Crippen LogP contribution in [0.15, 0.2) is 10.5 Å². The van der Waals surface area contributed by atoms with Crippen molar-refractivity contribution in [2.45, 2.75) is 38.8 Å². The van der Waals surface area contributed by atoms with Crippen LogP contribution in [0.1, 0.15) is 41.1 Å². The molecule has 0 aromatic carbocycles. The number of nitrogens with one attached hydrogen (secondary N) is 1. The number of carbonyl (C=O) groups is 2. The van der Waals surface area contributed by atoms with Crippen LogP contribution in [0.5, 0.6) is 0 Å². The smallest absolute Gasteiger partial charge is 0.339 e. The van der Waals surface area contributed by atoms with Gasteiger partial charge in [0.15, 0.2) is 0 Å². The molecule has 21 heavy (non-hydrogen) atoms. The molecule has 1 aliphatic carbocycles. The number of hydrogen-bond acceptors (Lipinski definition) is 4. The quantitative estimate of drug-likeness (QED) is 0.832. The van der Waals surface area contributed by atoms with Gasteiger partial charge in [-0.25, -0.2) is 9.59 Å². The first-order chi connectivity index (χ1) is 10.0.